The molecule has 4 rings (SSSR count). The lowest BCUT2D eigenvalue weighted by Crippen LogP contribution is -2.27. The Bertz CT molecular complexity index is 1110. The number of ether oxygens (including phenoxy) is 1. The van der Waals surface area contributed by atoms with Gasteiger partial charge in [0, 0.05) is 10.8 Å². The molecule has 11 heteroatoms. The maximum atomic E-state index is 13.5. The molecule has 34 heavy (non-hydrogen) atoms. The van der Waals surface area contributed by atoms with Gasteiger partial charge in [-0.2, -0.15) is 18.3 Å². The SMILES string of the molecule is CCC(C)OC(=O)c1c(NC(=O)C(C)n2nc(C(F)(F)F)c(Br)c2C2CC2)sc2c1CCCC2. The molecule has 2 aromatic heterocycles. The number of aryl methyl sites for hydroxylation is 1. The zero-order chi connectivity index (χ0) is 24.8. The first-order chi connectivity index (χ1) is 16.0. The maximum absolute atomic E-state index is 13.5. The molecule has 0 saturated heterocycles. The van der Waals surface area contributed by atoms with Crippen molar-refractivity contribution in [2.75, 3.05) is 5.32 Å². The minimum atomic E-state index is -4.64. The lowest BCUT2D eigenvalue weighted by atomic mass is 9.95. The molecule has 0 aliphatic heterocycles. The minimum absolute atomic E-state index is 0.0663. The van der Waals surface area contributed by atoms with Crippen molar-refractivity contribution in [3.63, 3.8) is 0 Å². The number of nitrogens with one attached hydrogen (secondary N) is 1. The summed E-state index contributed by atoms with van der Waals surface area (Å²) < 4.78 is 47.1. The second kappa shape index (κ2) is 9.64. The molecule has 6 nitrogen and oxygen atoms in total. The Morgan fingerprint density at radius 1 is 1.26 bits per heavy atom. The van der Waals surface area contributed by atoms with Crippen molar-refractivity contribution in [3.05, 3.63) is 31.9 Å². The number of halogens is 4. The van der Waals surface area contributed by atoms with E-state index in [1.54, 1.807) is 0 Å². The van der Waals surface area contributed by atoms with Crippen LogP contribution < -0.4 is 5.32 Å². The van der Waals surface area contributed by atoms with E-state index in [1.807, 2.05) is 13.8 Å². The average Bonchev–Trinajstić information content (AvgIpc) is 3.45. The van der Waals surface area contributed by atoms with Crippen LogP contribution in [0.1, 0.15) is 97.0 Å². The smallest absolute Gasteiger partial charge is 0.436 e. The Labute approximate surface area is 208 Å². The molecule has 2 atom stereocenters. The molecule has 1 N–H and O–H groups in total. The van der Waals surface area contributed by atoms with Gasteiger partial charge in [0.1, 0.15) is 11.0 Å². The van der Waals surface area contributed by atoms with Crippen molar-refractivity contribution in [1.82, 2.24) is 9.78 Å². The zero-order valence-corrected chi connectivity index (χ0v) is 21.6. The summed E-state index contributed by atoms with van der Waals surface area (Å²) in [6.45, 7) is 5.25. The fourth-order valence-electron chi connectivity index (χ4n) is 4.15. The fraction of sp³-hybridized carbons (Fsp3) is 0.609. The van der Waals surface area contributed by atoms with Crippen molar-refractivity contribution in [2.45, 2.75) is 90.0 Å². The van der Waals surface area contributed by atoms with Crippen LogP contribution in [0, 0.1) is 0 Å². The van der Waals surface area contributed by atoms with Gasteiger partial charge in [-0.1, -0.05) is 6.92 Å². The number of rotatable bonds is 7. The highest BCUT2D eigenvalue weighted by Crippen LogP contribution is 2.48. The molecular weight excluding hydrogens is 535 g/mol. The molecule has 1 saturated carbocycles. The van der Waals surface area contributed by atoms with Gasteiger partial charge in [-0.3, -0.25) is 9.48 Å². The summed E-state index contributed by atoms with van der Waals surface area (Å²) in [5, 5.41) is 6.98. The van der Waals surface area contributed by atoms with Crippen LogP contribution in [0.25, 0.3) is 0 Å². The summed E-state index contributed by atoms with van der Waals surface area (Å²) in [7, 11) is 0. The van der Waals surface area contributed by atoms with Gasteiger partial charge in [0.2, 0.25) is 5.91 Å². The largest absolute Gasteiger partial charge is 0.459 e. The van der Waals surface area contributed by atoms with Crippen molar-refractivity contribution >= 4 is 44.1 Å². The predicted molar refractivity (Wildman–Crippen MR) is 126 cm³/mol. The van der Waals surface area contributed by atoms with E-state index in [4.69, 9.17) is 4.74 Å². The molecule has 0 aromatic carbocycles. The molecule has 0 bridgehead atoms. The molecule has 186 valence electrons. The van der Waals surface area contributed by atoms with E-state index in [9.17, 15) is 22.8 Å². The van der Waals surface area contributed by atoms with Gasteiger partial charge in [0.05, 0.1) is 21.8 Å². The first-order valence-electron chi connectivity index (χ1n) is 11.5. The number of aromatic nitrogens is 2. The molecule has 2 unspecified atom stereocenters. The topological polar surface area (TPSA) is 73.2 Å². The lowest BCUT2D eigenvalue weighted by molar-refractivity contribution is -0.142. The third kappa shape index (κ3) is 4.91. The van der Waals surface area contributed by atoms with Gasteiger partial charge < -0.3 is 10.1 Å². The summed E-state index contributed by atoms with van der Waals surface area (Å²) in [6, 6.07) is -0.999. The second-order valence-electron chi connectivity index (χ2n) is 8.97. The van der Waals surface area contributed by atoms with E-state index < -0.39 is 29.8 Å². The Hall–Kier alpha value is -1.88. The number of alkyl halides is 3. The number of hydrogen-bond donors (Lipinski definition) is 1. The first-order valence-corrected chi connectivity index (χ1v) is 13.1. The van der Waals surface area contributed by atoms with Gasteiger partial charge in [0.25, 0.3) is 0 Å². The van der Waals surface area contributed by atoms with E-state index in [0.717, 1.165) is 49.0 Å². The molecule has 2 aromatic rings. The maximum Gasteiger partial charge on any atom is 0.436 e. The number of fused-ring (bicyclic) bond motifs is 1. The molecule has 2 aliphatic rings. The summed E-state index contributed by atoms with van der Waals surface area (Å²) in [6.07, 6.45) is 0.764. The van der Waals surface area contributed by atoms with Crippen molar-refractivity contribution in [1.29, 1.82) is 0 Å². The van der Waals surface area contributed by atoms with Crippen LogP contribution in [0.2, 0.25) is 0 Å². The number of carbonyl (C=O) groups is 2. The van der Waals surface area contributed by atoms with Crippen LogP contribution in [0.4, 0.5) is 18.2 Å². The highest BCUT2D eigenvalue weighted by atomic mass is 79.9. The molecule has 2 heterocycles. The summed E-state index contributed by atoms with van der Waals surface area (Å²) >= 11 is 4.42. The summed E-state index contributed by atoms with van der Waals surface area (Å²) in [5.41, 5.74) is 0.642. The summed E-state index contributed by atoms with van der Waals surface area (Å²) in [5.74, 6) is -1.07. The van der Waals surface area contributed by atoms with Crippen LogP contribution in [0.3, 0.4) is 0 Å². The molecule has 0 radical (unpaired) electrons. The van der Waals surface area contributed by atoms with Crippen LogP contribution in [-0.4, -0.2) is 27.8 Å². The third-order valence-electron chi connectivity index (χ3n) is 6.36. The van der Waals surface area contributed by atoms with Gasteiger partial charge in [-0.15, -0.1) is 11.3 Å². The van der Waals surface area contributed by atoms with Crippen LogP contribution in [-0.2, 0) is 28.5 Å². The number of carbonyl (C=O) groups excluding carboxylic acids is 2. The Morgan fingerprint density at radius 2 is 1.94 bits per heavy atom. The van der Waals surface area contributed by atoms with E-state index >= 15 is 0 Å². The third-order valence-corrected chi connectivity index (χ3v) is 8.35. The van der Waals surface area contributed by atoms with Gasteiger partial charge in [0.15, 0.2) is 5.69 Å². The standard InChI is InChI=1S/C23H27BrF3N3O3S/c1-4-11(2)33-22(32)16-14-7-5-6-8-15(14)34-21(16)28-20(31)12(3)30-18(13-9-10-13)17(24)19(29-30)23(25,26)27/h11-13H,4-10H2,1-3H3,(H,28,31). The Morgan fingerprint density at radius 3 is 2.56 bits per heavy atom. The van der Waals surface area contributed by atoms with E-state index in [1.165, 1.54) is 22.9 Å². The Kier molecular flexibility index (Phi) is 7.15. The monoisotopic (exact) mass is 561 g/mol. The quantitative estimate of drug-likeness (QED) is 0.384. The number of amides is 1. The normalized spacial score (nSPS) is 17.7. The van der Waals surface area contributed by atoms with Gasteiger partial charge >= 0.3 is 12.1 Å². The number of hydrogen-bond acceptors (Lipinski definition) is 5. The summed E-state index contributed by atoms with van der Waals surface area (Å²) in [4.78, 5) is 27.3. The second-order valence-corrected chi connectivity index (χ2v) is 10.9. The number of thiophene rings is 1. The van der Waals surface area contributed by atoms with Gasteiger partial charge in [-0.05, 0) is 80.3 Å². The van der Waals surface area contributed by atoms with Crippen molar-refractivity contribution in [3.8, 4) is 0 Å². The van der Waals surface area contributed by atoms with E-state index in [-0.39, 0.29) is 16.5 Å². The Balaban J connectivity index is 1.65. The average molecular weight is 562 g/mol. The van der Waals surface area contributed by atoms with Crippen LogP contribution in [0.5, 0.6) is 0 Å². The highest BCUT2D eigenvalue weighted by Gasteiger charge is 2.43. The molecular formula is C23H27BrF3N3O3S. The molecule has 0 spiro atoms. The minimum Gasteiger partial charge on any atom is -0.459 e. The number of anilines is 1. The number of esters is 1. The first kappa shape index (κ1) is 25.2. The van der Waals surface area contributed by atoms with E-state index in [2.05, 4.69) is 26.3 Å². The lowest BCUT2D eigenvalue weighted by Gasteiger charge is -2.17. The fourth-order valence-corrected chi connectivity index (χ4v) is 6.24. The number of nitrogens with zero attached hydrogens (tertiary/aromatic N) is 2. The van der Waals surface area contributed by atoms with E-state index in [0.29, 0.717) is 22.7 Å². The zero-order valence-electron chi connectivity index (χ0n) is 19.2. The predicted octanol–water partition coefficient (Wildman–Crippen LogP) is 6.64. The van der Waals surface area contributed by atoms with Gasteiger partial charge in [-0.25, -0.2) is 4.79 Å². The van der Waals surface area contributed by atoms with Crippen molar-refractivity contribution in [2.24, 2.45) is 0 Å². The molecule has 1 amide bonds. The van der Waals surface area contributed by atoms with Crippen LogP contribution in [0.15, 0.2) is 4.47 Å². The van der Waals surface area contributed by atoms with Crippen LogP contribution >= 0.6 is 27.3 Å². The molecule has 1 fully saturated rings. The highest BCUT2D eigenvalue weighted by molar-refractivity contribution is 9.10. The molecule has 2 aliphatic carbocycles. The van der Waals surface area contributed by atoms with Crippen molar-refractivity contribution < 1.29 is 27.5 Å².